The second-order valence-electron chi connectivity index (χ2n) is 13.6. The van der Waals surface area contributed by atoms with Gasteiger partial charge < -0.3 is 24.5 Å². The number of likely N-dealkylation sites (tertiary alicyclic amines) is 1. The maximum absolute atomic E-state index is 15.3. The van der Waals surface area contributed by atoms with Gasteiger partial charge in [0.2, 0.25) is 11.8 Å². The molecule has 0 aliphatic carbocycles. The van der Waals surface area contributed by atoms with Crippen molar-refractivity contribution in [3.63, 3.8) is 0 Å². The molecule has 0 aromatic heterocycles. The molecular weight excluding hydrogens is 602 g/mol. The van der Waals surface area contributed by atoms with E-state index in [-0.39, 0.29) is 36.7 Å². The zero-order valence-corrected chi connectivity index (χ0v) is 28.2. The summed E-state index contributed by atoms with van der Waals surface area (Å²) in [7, 11) is 0. The van der Waals surface area contributed by atoms with E-state index in [9.17, 15) is 9.90 Å². The second-order valence-corrected chi connectivity index (χ2v) is 13.6. The molecule has 1 N–H and O–H groups in total. The van der Waals surface area contributed by atoms with Crippen LogP contribution in [0, 0.1) is 31.6 Å². The van der Waals surface area contributed by atoms with Crippen molar-refractivity contribution in [2.45, 2.75) is 57.4 Å². The summed E-state index contributed by atoms with van der Waals surface area (Å²) in [6, 6.07) is 22.5. The first-order chi connectivity index (χ1) is 23.0. The lowest BCUT2D eigenvalue weighted by Crippen LogP contribution is -2.58. The summed E-state index contributed by atoms with van der Waals surface area (Å²) in [4.78, 5) is 50.2. The Kier molecular flexibility index (Phi) is 8.92. The minimum atomic E-state index is -1.31. The molecular formula is C40H45N3O5. The molecule has 8 nitrogen and oxygen atoms in total. The van der Waals surface area contributed by atoms with Crippen molar-refractivity contribution in [1.82, 2.24) is 4.90 Å². The van der Waals surface area contributed by atoms with E-state index in [0.717, 1.165) is 16.8 Å². The Hall–Kier alpha value is -4.53. The van der Waals surface area contributed by atoms with Crippen LogP contribution in [0.3, 0.4) is 0 Å². The van der Waals surface area contributed by atoms with Gasteiger partial charge in [0.05, 0.1) is 30.1 Å². The molecule has 6 rings (SSSR count). The molecule has 3 aromatic carbocycles. The Bertz CT molecular complexity index is 1710. The lowest BCUT2D eigenvalue weighted by molar-refractivity contribution is -0.149. The molecule has 0 saturated carbocycles. The summed E-state index contributed by atoms with van der Waals surface area (Å²) in [6.07, 6.45) is 3.76. The highest BCUT2D eigenvalue weighted by molar-refractivity contribution is 6.07. The molecule has 3 aliphatic heterocycles. The molecule has 3 aliphatic rings. The number of rotatable bonds is 11. The molecule has 1 spiro atoms. The van der Waals surface area contributed by atoms with E-state index in [2.05, 4.69) is 13.2 Å². The Balaban J connectivity index is 1.55. The van der Waals surface area contributed by atoms with Gasteiger partial charge in [-0.15, -0.1) is 13.2 Å². The predicted molar refractivity (Wildman–Crippen MR) is 187 cm³/mol. The first-order valence-electron chi connectivity index (χ1n) is 16.7. The van der Waals surface area contributed by atoms with E-state index in [4.69, 9.17) is 4.74 Å². The number of ether oxygens (including phenoxy) is 1. The fourth-order valence-electron chi connectivity index (χ4n) is 8.72. The maximum atomic E-state index is 15.3. The molecule has 3 saturated heterocycles. The molecule has 8 heteroatoms. The molecule has 48 heavy (non-hydrogen) atoms. The van der Waals surface area contributed by atoms with Gasteiger partial charge in [-0.05, 0) is 61.9 Å². The van der Waals surface area contributed by atoms with E-state index in [1.54, 1.807) is 22.0 Å². The number of amides is 3. The number of hydrogen-bond acceptors (Lipinski definition) is 5. The number of benzene rings is 3. The smallest absolute Gasteiger partial charge is 0.253 e. The zero-order chi connectivity index (χ0) is 34.4. The van der Waals surface area contributed by atoms with Crippen LogP contribution in [0.2, 0.25) is 0 Å². The third kappa shape index (κ3) is 5.01. The highest BCUT2D eigenvalue weighted by atomic mass is 16.5. The average Bonchev–Trinajstić information content (AvgIpc) is 3.60. The Morgan fingerprint density at radius 1 is 0.938 bits per heavy atom. The van der Waals surface area contributed by atoms with Gasteiger partial charge in [-0.3, -0.25) is 14.4 Å². The zero-order valence-electron chi connectivity index (χ0n) is 28.2. The highest BCUT2D eigenvalue weighted by Gasteiger charge is 2.80. The van der Waals surface area contributed by atoms with Crippen molar-refractivity contribution in [2.24, 2.45) is 17.8 Å². The van der Waals surface area contributed by atoms with Crippen LogP contribution >= 0.6 is 0 Å². The van der Waals surface area contributed by atoms with Crippen LogP contribution in [0.1, 0.15) is 43.0 Å². The first-order valence-corrected chi connectivity index (χ1v) is 16.7. The molecule has 3 fully saturated rings. The van der Waals surface area contributed by atoms with Gasteiger partial charge >= 0.3 is 0 Å². The summed E-state index contributed by atoms with van der Waals surface area (Å²) in [5.74, 6) is -2.91. The Labute approximate surface area is 283 Å². The van der Waals surface area contributed by atoms with Crippen molar-refractivity contribution >= 4 is 29.1 Å². The van der Waals surface area contributed by atoms with E-state index < -0.39 is 41.7 Å². The molecule has 3 unspecified atom stereocenters. The highest BCUT2D eigenvalue weighted by Crippen LogP contribution is 2.66. The third-order valence-corrected chi connectivity index (χ3v) is 10.9. The van der Waals surface area contributed by atoms with Gasteiger partial charge in [0.1, 0.15) is 11.6 Å². The van der Waals surface area contributed by atoms with E-state index in [0.29, 0.717) is 17.7 Å². The molecule has 250 valence electrons. The van der Waals surface area contributed by atoms with Gasteiger partial charge in [-0.1, -0.05) is 85.8 Å². The number of fused-ring (bicyclic) bond motifs is 1. The summed E-state index contributed by atoms with van der Waals surface area (Å²) in [5, 5.41) is 11.0. The van der Waals surface area contributed by atoms with Gasteiger partial charge in [-0.2, -0.15) is 0 Å². The summed E-state index contributed by atoms with van der Waals surface area (Å²) in [5.41, 5.74) is 1.62. The maximum Gasteiger partial charge on any atom is 0.253 e. The fourth-order valence-corrected chi connectivity index (χ4v) is 8.72. The number of aliphatic hydroxyl groups excluding tert-OH is 1. The minimum Gasteiger partial charge on any atom is -0.394 e. The third-order valence-electron chi connectivity index (χ3n) is 10.9. The van der Waals surface area contributed by atoms with Gasteiger partial charge in [0.25, 0.3) is 5.91 Å². The average molecular weight is 648 g/mol. The first kappa shape index (κ1) is 33.4. The SMILES string of the molecule is C=CCN(C(=O)[C@H]1[C@H]2C(=O)N([C@H](CO)c3ccccc3)C(C(=O)N(CC=C)c3c(C)cccc3C)C23CC(C)[C@]1(C)O3)c1ccccc1. The normalized spacial score (nSPS) is 27.8. The molecule has 0 radical (unpaired) electrons. The number of aliphatic hydroxyl groups is 1. The molecule has 3 amide bonds. The topological polar surface area (TPSA) is 90.4 Å². The standard InChI is InChI=1S/C40H45N3O5/c1-7-22-41(30-20-13-10-14-21-30)36(45)32-33-37(46)43(31(25-44)29-18-11-9-12-19-29)35(40(33)24-28(5)39(32,6)48-40)38(47)42(23-8-2)34-26(3)16-15-17-27(34)4/h7-21,28,31-33,35,44H,1-2,22-25H2,3-6H3/t28?,31-,32-,33+,35?,39+,40?/m1/s1. The number of carbonyl (C=O) groups excluding carboxylic acids is 3. The van der Waals surface area contributed by atoms with E-state index in [1.807, 2.05) is 107 Å². The van der Waals surface area contributed by atoms with Crippen LogP contribution in [0.4, 0.5) is 11.4 Å². The number of nitrogens with zero attached hydrogens (tertiary/aromatic N) is 3. The molecule has 2 bridgehead atoms. The number of carbonyl (C=O) groups is 3. The monoisotopic (exact) mass is 647 g/mol. The summed E-state index contributed by atoms with van der Waals surface area (Å²) in [6.45, 7) is 15.8. The molecule has 7 atom stereocenters. The van der Waals surface area contributed by atoms with E-state index >= 15 is 9.59 Å². The van der Waals surface area contributed by atoms with Crippen LogP contribution in [0.15, 0.2) is 104 Å². The fraction of sp³-hybridized carbons (Fsp3) is 0.375. The minimum absolute atomic E-state index is 0.149. The van der Waals surface area contributed by atoms with Crippen LogP contribution in [-0.2, 0) is 19.1 Å². The van der Waals surface area contributed by atoms with Gasteiger partial charge in [0.15, 0.2) is 0 Å². The quantitative estimate of drug-likeness (QED) is 0.267. The van der Waals surface area contributed by atoms with Crippen molar-refractivity contribution < 1.29 is 24.2 Å². The number of para-hydroxylation sites is 2. The van der Waals surface area contributed by atoms with Crippen LogP contribution in [-0.4, -0.2) is 64.7 Å². The molecule has 3 aromatic rings. The van der Waals surface area contributed by atoms with E-state index in [1.165, 1.54) is 4.90 Å². The summed E-state index contributed by atoms with van der Waals surface area (Å²) < 4.78 is 7.08. The number of aryl methyl sites for hydroxylation is 2. The van der Waals surface area contributed by atoms with Gasteiger partial charge in [0, 0.05) is 24.5 Å². The van der Waals surface area contributed by atoms with Crippen LogP contribution < -0.4 is 9.80 Å². The van der Waals surface area contributed by atoms with Crippen LogP contribution in [0.5, 0.6) is 0 Å². The van der Waals surface area contributed by atoms with Crippen molar-refractivity contribution in [3.8, 4) is 0 Å². The molecule has 3 heterocycles. The summed E-state index contributed by atoms with van der Waals surface area (Å²) >= 11 is 0. The van der Waals surface area contributed by atoms with Crippen molar-refractivity contribution in [3.05, 3.63) is 121 Å². The Morgan fingerprint density at radius 2 is 1.52 bits per heavy atom. The van der Waals surface area contributed by atoms with Crippen molar-refractivity contribution in [1.29, 1.82) is 0 Å². The Morgan fingerprint density at radius 3 is 2.10 bits per heavy atom. The van der Waals surface area contributed by atoms with Gasteiger partial charge in [-0.25, -0.2) is 0 Å². The number of hydrogen-bond donors (Lipinski definition) is 1. The second kappa shape index (κ2) is 12.8. The lowest BCUT2D eigenvalue weighted by atomic mass is 9.62. The predicted octanol–water partition coefficient (Wildman–Crippen LogP) is 5.79. The number of anilines is 2. The lowest BCUT2D eigenvalue weighted by Gasteiger charge is -2.40. The van der Waals surface area contributed by atoms with Crippen LogP contribution in [0.25, 0.3) is 0 Å². The largest absolute Gasteiger partial charge is 0.394 e. The van der Waals surface area contributed by atoms with Crippen molar-refractivity contribution in [2.75, 3.05) is 29.5 Å².